The molecule has 8 heteroatoms. The molecule has 0 spiro atoms. The Balaban J connectivity index is 1.81. The van der Waals surface area contributed by atoms with Crippen molar-refractivity contribution in [3.8, 4) is 5.75 Å². The fourth-order valence-electron chi connectivity index (χ4n) is 6.19. The quantitative estimate of drug-likeness (QED) is 0.672. The van der Waals surface area contributed by atoms with E-state index >= 15 is 0 Å². The molecule has 5 rings (SSSR count). The molecule has 2 aliphatic carbocycles. The van der Waals surface area contributed by atoms with Gasteiger partial charge in [0.15, 0.2) is 11.6 Å². The van der Waals surface area contributed by atoms with Crippen LogP contribution in [0, 0.1) is 18.3 Å². The first-order valence-electron chi connectivity index (χ1n) is 11.1. The average molecular weight is 450 g/mol. The molecule has 4 unspecified atom stereocenters. The Bertz CT molecular complexity index is 1430. The minimum Gasteiger partial charge on any atom is -0.508 e. The molecular weight excluding hydrogens is 422 g/mol. The molecule has 3 aliphatic rings. The van der Waals surface area contributed by atoms with Crippen LogP contribution >= 0.6 is 0 Å². The minimum absolute atomic E-state index is 0.0666. The highest BCUT2D eigenvalue weighted by Crippen LogP contribution is 2.60. The largest absolute Gasteiger partial charge is 0.508 e. The van der Waals surface area contributed by atoms with Crippen molar-refractivity contribution in [1.29, 1.82) is 0 Å². The summed E-state index contributed by atoms with van der Waals surface area (Å²) < 4.78 is 3.94. The normalized spacial score (nSPS) is 28.9. The lowest BCUT2D eigenvalue weighted by Crippen LogP contribution is -2.55. The first kappa shape index (κ1) is 21.4. The number of hydrogen-bond acceptors (Lipinski definition) is 5. The summed E-state index contributed by atoms with van der Waals surface area (Å²) in [5, 5.41) is 10.1. The summed E-state index contributed by atoms with van der Waals surface area (Å²) in [4.78, 5) is 53.0. The highest BCUT2D eigenvalue weighted by Gasteiger charge is 2.60. The molecule has 1 N–H and O–H groups in total. The van der Waals surface area contributed by atoms with Crippen LogP contribution in [-0.2, 0) is 23.2 Å². The van der Waals surface area contributed by atoms with Crippen molar-refractivity contribution >= 4 is 11.6 Å². The van der Waals surface area contributed by atoms with E-state index in [4.69, 9.17) is 0 Å². The summed E-state index contributed by atoms with van der Waals surface area (Å²) in [6.45, 7) is 7.25. The predicted octanol–water partition coefficient (Wildman–Crippen LogP) is 2.14. The van der Waals surface area contributed by atoms with Crippen LogP contribution in [-0.4, -0.2) is 30.6 Å². The second-order valence-electron chi connectivity index (χ2n) is 9.76. The molecule has 4 atom stereocenters. The number of fused-ring (bicyclic) bond motifs is 4. The second kappa shape index (κ2) is 6.79. The van der Waals surface area contributed by atoms with Crippen molar-refractivity contribution in [2.24, 2.45) is 18.4 Å². The maximum Gasteiger partial charge on any atom is 0.347 e. The number of allylic oxidation sites excluding steroid dienone is 4. The van der Waals surface area contributed by atoms with Gasteiger partial charge >= 0.3 is 11.4 Å². The molecule has 1 saturated carbocycles. The monoisotopic (exact) mass is 449 g/mol. The molecule has 33 heavy (non-hydrogen) atoms. The van der Waals surface area contributed by atoms with Gasteiger partial charge in [0.25, 0.3) is 0 Å². The molecule has 1 aliphatic heterocycles. The van der Waals surface area contributed by atoms with E-state index in [0.29, 0.717) is 16.7 Å². The second-order valence-corrected chi connectivity index (χ2v) is 9.76. The number of carbonyl (C=O) groups excluding carboxylic acids is 2. The number of Topliss-reactive ketones (excluding diaryl/α,β-unsaturated/α-hetero) is 2. The lowest BCUT2D eigenvalue weighted by atomic mass is 9.50. The molecule has 0 radical (unpaired) electrons. The van der Waals surface area contributed by atoms with Crippen LogP contribution in [0.2, 0.25) is 0 Å². The Kier molecular flexibility index (Phi) is 4.41. The standard InChI is InChI=1S/C25H27N3O5/c1-12-10-15(6-7-19(12)29)20-16-8-9-27-23(32)26(5)24(33)28(27)18(16)11-17-21(30)13(2)14(3)22(31)25(17,20)4/h6-8,10,17-18,20,29H,9,11H2,1-5H3. The molecule has 172 valence electrons. The zero-order valence-corrected chi connectivity index (χ0v) is 19.4. The number of aryl methyl sites for hydroxylation is 1. The maximum atomic E-state index is 13.8. The van der Waals surface area contributed by atoms with Crippen LogP contribution in [0.4, 0.5) is 0 Å². The number of benzene rings is 1. The molecule has 2 heterocycles. The molecule has 1 aromatic heterocycles. The summed E-state index contributed by atoms with van der Waals surface area (Å²) >= 11 is 0. The molecule has 0 amide bonds. The van der Waals surface area contributed by atoms with E-state index in [-0.39, 0.29) is 30.3 Å². The Labute approximate surface area is 190 Å². The summed E-state index contributed by atoms with van der Waals surface area (Å²) in [7, 11) is 1.45. The number of carbonyl (C=O) groups is 2. The van der Waals surface area contributed by atoms with Gasteiger partial charge in [0.05, 0.1) is 18.0 Å². The van der Waals surface area contributed by atoms with Gasteiger partial charge < -0.3 is 5.11 Å². The van der Waals surface area contributed by atoms with Gasteiger partial charge in [-0.2, -0.15) is 0 Å². The van der Waals surface area contributed by atoms with E-state index in [1.807, 2.05) is 19.1 Å². The average Bonchev–Trinajstić information content (AvgIpc) is 3.01. The van der Waals surface area contributed by atoms with Crippen LogP contribution in [0.15, 0.2) is 50.6 Å². The van der Waals surface area contributed by atoms with E-state index in [9.17, 15) is 24.3 Å². The number of phenolic OH excluding ortho intramolecular Hbond substituents is 1. The SMILES string of the molecule is CC1=C(C)C(=O)C2(C)C(CC3C(=CCn4c(=O)n(C)c(=O)n43)C2c2ccc(O)c(C)c2)C1=O. The Morgan fingerprint density at radius 3 is 2.39 bits per heavy atom. The van der Waals surface area contributed by atoms with Crippen LogP contribution in [0.1, 0.15) is 50.3 Å². The zero-order valence-electron chi connectivity index (χ0n) is 19.4. The van der Waals surface area contributed by atoms with Gasteiger partial charge in [0.1, 0.15) is 5.75 Å². The van der Waals surface area contributed by atoms with Gasteiger partial charge in [-0.3, -0.25) is 9.59 Å². The number of hydrogen-bond donors (Lipinski definition) is 1. The van der Waals surface area contributed by atoms with Gasteiger partial charge in [-0.25, -0.2) is 23.5 Å². The van der Waals surface area contributed by atoms with Crippen molar-refractivity contribution in [3.05, 3.63) is 73.1 Å². The van der Waals surface area contributed by atoms with Gasteiger partial charge in [-0.05, 0) is 61.1 Å². The molecule has 8 nitrogen and oxygen atoms in total. The Hall–Kier alpha value is -3.42. The third-order valence-corrected chi connectivity index (χ3v) is 8.18. The molecule has 1 aromatic carbocycles. The third kappa shape index (κ3) is 2.57. The number of phenols is 1. The Morgan fingerprint density at radius 1 is 1.03 bits per heavy atom. The van der Waals surface area contributed by atoms with Crippen molar-refractivity contribution in [1.82, 2.24) is 13.9 Å². The van der Waals surface area contributed by atoms with Gasteiger partial charge in [-0.15, -0.1) is 0 Å². The topological polar surface area (TPSA) is 103 Å². The van der Waals surface area contributed by atoms with Crippen molar-refractivity contribution in [2.75, 3.05) is 0 Å². The van der Waals surface area contributed by atoms with Gasteiger partial charge in [0, 0.05) is 18.9 Å². The van der Waals surface area contributed by atoms with E-state index in [1.54, 1.807) is 32.9 Å². The van der Waals surface area contributed by atoms with E-state index in [1.165, 1.54) is 16.4 Å². The highest BCUT2D eigenvalue weighted by atomic mass is 16.3. The minimum atomic E-state index is -1.03. The first-order chi connectivity index (χ1) is 15.5. The highest BCUT2D eigenvalue weighted by molar-refractivity contribution is 6.15. The van der Waals surface area contributed by atoms with Crippen molar-refractivity contribution in [2.45, 2.75) is 52.6 Å². The fraction of sp³-hybridized carbons (Fsp3) is 0.440. The zero-order chi connectivity index (χ0) is 24.0. The molecular formula is C25H27N3O5. The van der Waals surface area contributed by atoms with E-state index in [2.05, 4.69) is 0 Å². The van der Waals surface area contributed by atoms with Crippen LogP contribution in [0.25, 0.3) is 0 Å². The maximum absolute atomic E-state index is 13.8. The third-order valence-electron chi connectivity index (χ3n) is 8.18. The summed E-state index contributed by atoms with van der Waals surface area (Å²) in [5.74, 6) is -1.11. The summed E-state index contributed by atoms with van der Waals surface area (Å²) in [6.07, 6.45) is 2.20. The molecule has 1 fully saturated rings. The molecule has 0 saturated heterocycles. The van der Waals surface area contributed by atoms with Crippen molar-refractivity contribution in [3.63, 3.8) is 0 Å². The lowest BCUT2D eigenvalue weighted by Gasteiger charge is -2.53. The van der Waals surface area contributed by atoms with Crippen LogP contribution in [0.5, 0.6) is 5.75 Å². The Morgan fingerprint density at radius 2 is 1.73 bits per heavy atom. The van der Waals surface area contributed by atoms with Crippen LogP contribution in [0.3, 0.4) is 0 Å². The molecule has 0 bridgehead atoms. The smallest absolute Gasteiger partial charge is 0.347 e. The number of aromatic hydroxyl groups is 1. The van der Waals surface area contributed by atoms with Crippen LogP contribution < -0.4 is 11.4 Å². The van der Waals surface area contributed by atoms with Crippen molar-refractivity contribution < 1.29 is 14.7 Å². The summed E-state index contributed by atoms with van der Waals surface area (Å²) in [5.41, 5.74) is 1.40. The molecule has 2 aromatic rings. The lowest BCUT2D eigenvalue weighted by molar-refractivity contribution is -0.140. The first-order valence-corrected chi connectivity index (χ1v) is 11.1. The summed E-state index contributed by atoms with van der Waals surface area (Å²) in [6, 6.07) is 4.72. The predicted molar refractivity (Wildman–Crippen MR) is 121 cm³/mol. The van der Waals surface area contributed by atoms with E-state index < -0.39 is 34.7 Å². The fourth-order valence-corrected chi connectivity index (χ4v) is 6.19. The number of aromatic nitrogens is 3. The van der Waals surface area contributed by atoms with E-state index in [0.717, 1.165) is 15.7 Å². The van der Waals surface area contributed by atoms with Gasteiger partial charge in [-0.1, -0.05) is 25.1 Å². The number of rotatable bonds is 1. The van der Waals surface area contributed by atoms with Gasteiger partial charge in [0.2, 0.25) is 0 Å². The number of nitrogens with zero attached hydrogens (tertiary/aromatic N) is 3. The number of ketones is 2.